The smallest absolute Gasteiger partial charge is 0.255 e. The van der Waals surface area contributed by atoms with Gasteiger partial charge in [-0.05, 0) is 49.1 Å². The number of hydrogen-bond acceptors (Lipinski definition) is 2. The highest BCUT2D eigenvalue weighted by Gasteiger charge is 2.10. The molecule has 2 nitrogen and oxygen atoms in total. The van der Waals surface area contributed by atoms with Gasteiger partial charge in [0.05, 0.1) is 0 Å². The quantitative estimate of drug-likeness (QED) is 0.821. The molecule has 4 heteroatoms. The predicted molar refractivity (Wildman–Crippen MR) is 85.1 cm³/mol. The molecule has 0 radical (unpaired) electrons. The number of anilines is 1. The first kappa shape index (κ1) is 14.2. The van der Waals surface area contributed by atoms with Crippen LogP contribution < -0.4 is 5.32 Å². The lowest BCUT2D eigenvalue weighted by atomic mass is 10.1. The standard InChI is InChI=1S/C15H14BrNOS/c1-10-6-7-11(16)8-14(10)15(18)17-12-4-3-5-13(9-12)19-2/h3-9H,1-2H3,(H,17,18). The number of carbonyl (C=O) groups is 1. The minimum atomic E-state index is -0.0861. The van der Waals surface area contributed by atoms with Crippen LogP contribution in [0.15, 0.2) is 51.8 Å². The second-order valence-electron chi connectivity index (χ2n) is 4.15. The molecule has 0 heterocycles. The van der Waals surface area contributed by atoms with Crippen LogP contribution in [0, 0.1) is 6.92 Å². The molecule has 98 valence electrons. The van der Waals surface area contributed by atoms with Crippen molar-refractivity contribution in [3.8, 4) is 0 Å². The zero-order valence-corrected chi connectivity index (χ0v) is 13.1. The van der Waals surface area contributed by atoms with Gasteiger partial charge in [0.25, 0.3) is 5.91 Å². The second-order valence-corrected chi connectivity index (χ2v) is 5.94. The first-order valence-electron chi connectivity index (χ1n) is 5.81. The lowest BCUT2D eigenvalue weighted by molar-refractivity contribution is 0.102. The SMILES string of the molecule is CSc1cccc(NC(=O)c2cc(Br)ccc2C)c1. The molecule has 0 aliphatic carbocycles. The Morgan fingerprint density at radius 3 is 2.74 bits per heavy atom. The summed E-state index contributed by atoms with van der Waals surface area (Å²) in [7, 11) is 0. The van der Waals surface area contributed by atoms with E-state index in [-0.39, 0.29) is 5.91 Å². The molecule has 2 aromatic rings. The number of hydrogen-bond donors (Lipinski definition) is 1. The van der Waals surface area contributed by atoms with Gasteiger partial charge in [-0.25, -0.2) is 0 Å². The zero-order chi connectivity index (χ0) is 13.8. The van der Waals surface area contributed by atoms with Gasteiger partial charge < -0.3 is 5.32 Å². The zero-order valence-electron chi connectivity index (χ0n) is 10.7. The first-order chi connectivity index (χ1) is 9.10. The molecule has 0 bridgehead atoms. The first-order valence-corrected chi connectivity index (χ1v) is 7.83. The summed E-state index contributed by atoms with van der Waals surface area (Å²) in [6, 6.07) is 13.5. The molecule has 0 aliphatic heterocycles. The van der Waals surface area contributed by atoms with E-state index in [4.69, 9.17) is 0 Å². The Balaban J connectivity index is 2.23. The summed E-state index contributed by atoms with van der Waals surface area (Å²) < 4.78 is 0.904. The van der Waals surface area contributed by atoms with Crippen molar-refractivity contribution in [2.24, 2.45) is 0 Å². The van der Waals surface area contributed by atoms with Crippen molar-refractivity contribution in [2.45, 2.75) is 11.8 Å². The predicted octanol–water partition coefficient (Wildman–Crippen LogP) is 4.73. The Labute approximate surface area is 125 Å². The van der Waals surface area contributed by atoms with Crippen LogP contribution in [0.4, 0.5) is 5.69 Å². The van der Waals surface area contributed by atoms with Crippen LogP contribution in [0.1, 0.15) is 15.9 Å². The van der Waals surface area contributed by atoms with E-state index in [1.165, 1.54) is 0 Å². The fourth-order valence-electron chi connectivity index (χ4n) is 1.74. The summed E-state index contributed by atoms with van der Waals surface area (Å²) in [5.74, 6) is -0.0861. The lowest BCUT2D eigenvalue weighted by Gasteiger charge is -2.09. The van der Waals surface area contributed by atoms with Gasteiger partial charge in [0, 0.05) is 20.6 Å². The number of amides is 1. The molecule has 0 saturated carbocycles. The molecule has 0 unspecified atom stereocenters. The summed E-state index contributed by atoms with van der Waals surface area (Å²) in [4.78, 5) is 13.4. The fourth-order valence-corrected chi connectivity index (χ4v) is 2.56. The Bertz CT molecular complexity index is 613. The van der Waals surface area contributed by atoms with Crippen molar-refractivity contribution in [3.63, 3.8) is 0 Å². The van der Waals surface area contributed by atoms with Gasteiger partial charge in [0.15, 0.2) is 0 Å². The van der Waals surface area contributed by atoms with Crippen LogP contribution in [0.3, 0.4) is 0 Å². The van der Waals surface area contributed by atoms with Gasteiger partial charge in [-0.2, -0.15) is 0 Å². The molecular weight excluding hydrogens is 322 g/mol. The van der Waals surface area contributed by atoms with Crippen molar-refractivity contribution < 1.29 is 4.79 Å². The average molecular weight is 336 g/mol. The highest BCUT2D eigenvalue weighted by Crippen LogP contribution is 2.21. The van der Waals surface area contributed by atoms with Gasteiger partial charge in [-0.1, -0.05) is 28.1 Å². The summed E-state index contributed by atoms with van der Waals surface area (Å²) in [5, 5.41) is 2.93. The monoisotopic (exact) mass is 335 g/mol. The van der Waals surface area contributed by atoms with E-state index < -0.39 is 0 Å². The molecule has 0 spiro atoms. The molecular formula is C15H14BrNOS. The summed E-state index contributed by atoms with van der Waals surface area (Å²) in [6.45, 7) is 1.93. The number of benzene rings is 2. The maximum Gasteiger partial charge on any atom is 0.255 e. The van der Waals surface area contributed by atoms with Gasteiger partial charge in [-0.3, -0.25) is 4.79 Å². The minimum absolute atomic E-state index is 0.0861. The summed E-state index contributed by atoms with van der Waals surface area (Å²) in [6.07, 6.45) is 2.01. The Kier molecular flexibility index (Phi) is 4.66. The van der Waals surface area contributed by atoms with Gasteiger partial charge >= 0.3 is 0 Å². The highest BCUT2D eigenvalue weighted by molar-refractivity contribution is 9.10. The molecule has 0 aromatic heterocycles. The van der Waals surface area contributed by atoms with Crippen molar-refractivity contribution in [3.05, 3.63) is 58.1 Å². The van der Waals surface area contributed by atoms with E-state index in [0.29, 0.717) is 5.56 Å². The van der Waals surface area contributed by atoms with Crippen LogP contribution in [-0.4, -0.2) is 12.2 Å². The van der Waals surface area contributed by atoms with E-state index in [0.717, 1.165) is 20.6 Å². The molecule has 0 fully saturated rings. The molecule has 0 saturated heterocycles. The molecule has 1 N–H and O–H groups in total. The molecule has 0 atom stereocenters. The molecule has 2 rings (SSSR count). The number of halogens is 1. The van der Waals surface area contributed by atoms with Gasteiger partial charge in [-0.15, -0.1) is 11.8 Å². The van der Waals surface area contributed by atoms with Crippen molar-refractivity contribution in [1.29, 1.82) is 0 Å². The van der Waals surface area contributed by atoms with E-state index in [9.17, 15) is 4.79 Å². The van der Waals surface area contributed by atoms with Crippen LogP contribution >= 0.6 is 27.7 Å². The van der Waals surface area contributed by atoms with Gasteiger partial charge in [0.1, 0.15) is 0 Å². The van der Waals surface area contributed by atoms with E-state index in [1.54, 1.807) is 11.8 Å². The number of carbonyl (C=O) groups excluding carboxylic acids is 1. The van der Waals surface area contributed by atoms with Crippen molar-refractivity contribution in [2.75, 3.05) is 11.6 Å². The molecule has 1 amide bonds. The largest absolute Gasteiger partial charge is 0.322 e. The maximum absolute atomic E-state index is 12.2. The topological polar surface area (TPSA) is 29.1 Å². The van der Waals surface area contributed by atoms with Crippen LogP contribution in [0.2, 0.25) is 0 Å². The summed E-state index contributed by atoms with van der Waals surface area (Å²) in [5.41, 5.74) is 2.46. The second kappa shape index (κ2) is 6.26. The number of thioether (sulfide) groups is 1. The number of nitrogens with one attached hydrogen (secondary N) is 1. The normalized spacial score (nSPS) is 10.3. The van der Waals surface area contributed by atoms with E-state index in [1.807, 2.05) is 55.6 Å². The Morgan fingerprint density at radius 2 is 2.00 bits per heavy atom. The fraction of sp³-hybridized carbons (Fsp3) is 0.133. The third-order valence-electron chi connectivity index (χ3n) is 2.77. The van der Waals surface area contributed by atoms with E-state index in [2.05, 4.69) is 21.2 Å². The molecule has 19 heavy (non-hydrogen) atoms. The summed E-state index contributed by atoms with van der Waals surface area (Å²) >= 11 is 5.04. The number of aryl methyl sites for hydroxylation is 1. The maximum atomic E-state index is 12.2. The average Bonchev–Trinajstić information content (AvgIpc) is 2.41. The van der Waals surface area contributed by atoms with Crippen LogP contribution in [-0.2, 0) is 0 Å². The minimum Gasteiger partial charge on any atom is -0.322 e. The molecule has 0 aliphatic rings. The lowest BCUT2D eigenvalue weighted by Crippen LogP contribution is -2.13. The van der Waals surface area contributed by atoms with Crippen LogP contribution in [0.5, 0.6) is 0 Å². The third-order valence-corrected chi connectivity index (χ3v) is 3.99. The Hall–Kier alpha value is -1.26. The van der Waals surface area contributed by atoms with Gasteiger partial charge in [0.2, 0.25) is 0 Å². The third kappa shape index (κ3) is 3.61. The molecule has 2 aromatic carbocycles. The van der Waals surface area contributed by atoms with Crippen molar-refractivity contribution >= 4 is 39.3 Å². The van der Waals surface area contributed by atoms with Crippen LogP contribution in [0.25, 0.3) is 0 Å². The highest BCUT2D eigenvalue weighted by atomic mass is 79.9. The Morgan fingerprint density at radius 1 is 1.21 bits per heavy atom. The number of rotatable bonds is 3. The van der Waals surface area contributed by atoms with Crippen molar-refractivity contribution in [1.82, 2.24) is 0 Å². The van der Waals surface area contributed by atoms with E-state index >= 15 is 0 Å².